The first-order chi connectivity index (χ1) is 17.2. The molecule has 3 atom stereocenters. The van der Waals surface area contributed by atoms with Gasteiger partial charge in [0.15, 0.2) is 6.10 Å². The molecule has 1 aromatic carbocycles. The van der Waals surface area contributed by atoms with Crippen LogP contribution in [0.5, 0.6) is 0 Å². The summed E-state index contributed by atoms with van der Waals surface area (Å²) in [6, 6.07) is 7.91. The Bertz CT molecular complexity index is 971. The molecule has 3 rings (SSSR count). The van der Waals surface area contributed by atoms with Crippen molar-refractivity contribution < 1.29 is 28.2 Å². The molecule has 2 heterocycles. The van der Waals surface area contributed by atoms with Gasteiger partial charge >= 0.3 is 11.9 Å². The van der Waals surface area contributed by atoms with Gasteiger partial charge in [0.2, 0.25) is 6.23 Å². The minimum atomic E-state index is -3.65. The first-order valence-electron chi connectivity index (χ1n) is 11.5. The van der Waals surface area contributed by atoms with Crippen molar-refractivity contribution in [2.24, 2.45) is 10.7 Å². The first-order valence-corrected chi connectivity index (χ1v) is 12.6. The van der Waals surface area contributed by atoms with Gasteiger partial charge < -0.3 is 30.1 Å². The van der Waals surface area contributed by atoms with E-state index in [2.05, 4.69) is 16.5 Å². The molecule has 0 bridgehead atoms. The number of nitrogens with two attached hydrogens (primary N) is 1. The molecule has 0 saturated carbocycles. The van der Waals surface area contributed by atoms with E-state index in [9.17, 15) is 18.7 Å². The molecule has 0 aliphatic carbocycles. The molecule has 2 aliphatic heterocycles. The van der Waals surface area contributed by atoms with Crippen molar-refractivity contribution in [2.45, 2.75) is 43.6 Å². The lowest BCUT2D eigenvalue weighted by Gasteiger charge is -2.31. The smallest absolute Gasteiger partial charge is 0.320 e. The number of ether oxygens (including phenoxy) is 2. The maximum Gasteiger partial charge on any atom is 0.320 e. The van der Waals surface area contributed by atoms with Gasteiger partial charge in [-0.3, -0.25) is 4.79 Å². The molecule has 36 heavy (non-hydrogen) atoms. The van der Waals surface area contributed by atoms with Crippen LogP contribution in [-0.4, -0.2) is 77.6 Å². The molecule has 0 spiro atoms. The number of amidine groups is 1. The SMILES string of the molecule is C=C1N=C(N)C=CN1C1OC(COC(=O)CCCc2ccc(N(CCCl)CCCl)cc2)[C@H](O)C1(F)F. The number of benzene rings is 1. The van der Waals surface area contributed by atoms with Crippen molar-refractivity contribution >= 4 is 40.7 Å². The third kappa shape index (κ3) is 6.88. The number of halogens is 4. The lowest BCUT2D eigenvalue weighted by Crippen LogP contribution is -2.47. The van der Waals surface area contributed by atoms with Gasteiger partial charge in [-0.25, -0.2) is 4.99 Å². The van der Waals surface area contributed by atoms with Gasteiger partial charge in [-0.05, 0) is 36.6 Å². The fourth-order valence-corrected chi connectivity index (χ4v) is 4.35. The Kier molecular flexibility index (Phi) is 9.95. The van der Waals surface area contributed by atoms with Gasteiger partial charge in [-0.1, -0.05) is 18.7 Å². The summed E-state index contributed by atoms with van der Waals surface area (Å²) in [5.41, 5.74) is 7.59. The number of hydrogen-bond acceptors (Lipinski definition) is 8. The lowest BCUT2D eigenvalue weighted by molar-refractivity contribution is -0.153. The summed E-state index contributed by atoms with van der Waals surface area (Å²) < 4.78 is 39.8. The zero-order valence-electron chi connectivity index (χ0n) is 19.7. The number of carbonyl (C=O) groups excluding carboxylic acids is 1. The van der Waals surface area contributed by atoms with Crippen molar-refractivity contribution in [2.75, 3.05) is 36.4 Å². The topological polar surface area (TPSA) is 101 Å². The van der Waals surface area contributed by atoms with Gasteiger partial charge in [0.1, 0.15) is 24.4 Å². The maximum atomic E-state index is 14.7. The molecule has 8 nitrogen and oxygen atoms in total. The van der Waals surface area contributed by atoms with Gasteiger partial charge in [0.05, 0.1) is 0 Å². The molecule has 3 N–H and O–H groups in total. The zero-order valence-corrected chi connectivity index (χ0v) is 21.2. The van der Waals surface area contributed by atoms with E-state index in [0.717, 1.165) is 16.2 Å². The monoisotopic (exact) mass is 546 g/mol. The Morgan fingerprint density at radius 3 is 2.56 bits per heavy atom. The molecule has 2 unspecified atom stereocenters. The van der Waals surface area contributed by atoms with Crippen molar-refractivity contribution in [3.05, 3.63) is 54.5 Å². The molecule has 198 valence electrons. The minimum absolute atomic E-state index is 0.0524. The summed E-state index contributed by atoms with van der Waals surface area (Å²) in [4.78, 5) is 19.1. The van der Waals surface area contributed by atoms with Crippen LogP contribution in [0.2, 0.25) is 0 Å². The number of aryl methyl sites for hydroxylation is 1. The number of aliphatic hydroxyl groups excluding tert-OH is 1. The van der Waals surface area contributed by atoms with E-state index in [-0.39, 0.29) is 18.1 Å². The van der Waals surface area contributed by atoms with E-state index in [1.807, 2.05) is 24.3 Å². The molecule has 1 fully saturated rings. The van der Waals surface area contributed by atoms with Crippen LogP contribution in [0, 0.1) is 0 Å². The van der Waals surface area contributed by atoms with Crippen LogP contribution in [0.4, 0.5) is 14.5 Å². The Morgan fingerprint density at radius 1 is 1.28 bits per heavy atom. The minimum Gasteiger partial charge on any atom is -0.463 e. The average Bonchev–Trinajstić information content (AvgIpc) is 3.06. The second-order valence-electron chi connectivity index (χ2n) is 8.39. The number of rotatable bonds is 12. The summed E-state index contributed by atoms with van der Waals surface area (Å²) in [5, 5.41) is 10.1. The molecule has 12 heteroatoms. The van der Waals surface area contributed by atoms with Gasteiger partial charge in [0, 0.05) is 43.2 Å². The standard InChI is InChI=1S/C24H30Cl2F2N4O4/c1-16-30-20(29)9-12-32(16)23-24(27,28)22(34)19(36-23)15-35-21(33)4-2-3-17-5-7-18(8-6-17)31(13-10-25)14-11-26/h5-9,12,19,22-23,34H,1-4,10-11,13-15H2,(H2,29,30)/t19?,22-,23?/m0/s1. The summed E-state index contributed by atoms with van der Waals surface area (Å²) >= 11 is 11.7. The van der Waals surface area contributed by atoms with E-state index in [0.29, 0.717) is 37.7 Å². The Labute approximate surface area is 218 Å². The highest BCUT2D eigenvalue weighted by molar-refractivity contribution is 6.18. The number of aliphatic imine (C=N–C) groups is 1. The number of nitrogens with zero attached hydrogens (tertiary/aromatic N) is 3. The Hall–Kier alpha value is -2.40. The van der Waals surface area contributed by atoms with Crippen LogP contribution in [0.1, 0.15) is 18.4 Å². The predicted octanol–water partition coefficient (Wildman–Crippen LogP) is 3.22. The Balaban J connectivity index is 1.45. The highest BCUT2D eigenvalue weighted by Gasteiger charge is 2.61. The molecule has 2 aliphatic rings. The fraction of sp³-hybridized carbons (Fsp3) is 0.500. The van der Waals surface area contributed by atoms with Gasteiger partial charge in [0.25, 0.3) is 0 Å². The summed E-state index contributed by atoms with van der Waals surface area (Å²) in [6.45, 7) is 4.46. The number of esters is 1. The van der Waals surface area contributed by atoms with E-state index in [4.69, 9.17) is 38.4 Å². The molecule has 0 aromatic heterocycles. The van der Waals surface area contributed by atoms with Crippen molar-refractivity contribution in [1.29, 1.82) is 0 Å². The highest BCUT2D eigenvalue weighted by Crippen LogP contribution is 2.40. The summed E-state index contributed by atoms with van der Waals surface area (Å²) in [6.07, 6.45) is -1.63. The molecular formula is C24H30Cl2F2N4O4. The number of aliphatic hydroxyl groups is 1. The number of hydrogen-bond donors (Lipinski definition) is 2. The maximum absolute atomic E-state index is 14.7. The lowest BCUT2D eigenvalue weighted by atomic mass is 10.1. The van der Waals surface area contributed by atoms with Crippen LogP contribution in [0.3, 0.4) is 0 Å². The number of anilines is 1. The molecule has 1 saturated heterocycles. The Morgan fingerprint density at radius 2 is 1.94 bits per heavy atom. The van der Waals surface area contributed by atoms with Crippen molar-refractivity contribution in [1.82, 2.24) is 4.90 Å². The molecule has 1 aromatic rings. The first kappa shape index (κ1) is 28.2. The summed E-state index contributed by atoms with van der Waals surface area (Å²) in [7, 11) is 0. The quantitative estimate of drug-likeness (QED) is 0.306. The average molecular weight is 547 g/mol. The fourth-order valence-electron chi connectivity index (χ4n) is 3.94. The molecular weight excluding hydrogens is 517 g/mol. The van der Waals surface area contributed by atoms with E-state index in [1.165, 1.54) is 12.3 Å². The summed E-state index contributed by atoms with van der Waals surface area (Å²) in [5.74, 6) is -3.17. The second-order valence-corrected chi connectivity index (χ2v) is 9.15. The van der Waals surface area contributed by atoms with Gasteiger partial charge in [-0.15, -0.1) is 23.2 Å². The molecule has 0 radical (unpaired) electrons. The highest BCUT2D eigenvalue weighted by atomic mass is 35.5. The van der Waals surface area contributed by atoms with Gasteiger partial charge in [-0.2, -0.15) is 8.78 Å². The van der Waals surface area contributed by atoms with Crippen LogP contribution in [0.25, 0.3) is 0 Å². The van der Waals surface area contributed by atoms with Crippen LogP contribution in [-0.2, 0) is 20.7 Å². The second kappa shape index (κ2) is 12.7. The normalized spacial score (nSPS) is 23.0. The van der Waals surface area contributed by atoms with E-state index < -0.39 is 36.9 Å². The number of alkyl halides is 4. The van der Waals surface area contributed by atoms with Crippen molar-refractivity contribution in [3.63, 3.8) is 0 Å². The number of carbonyl (C=O) groups is 1. The largest absolute Gasteiger partial charge is 0.463 e. The van der Waals surface area contributed by atoms with E-state index in [1.54, 1.807) is 0 Å². The molecule has 0 amide bonds. The third-order valence-corrected chi connectivity index (χ3v) is 6.20. The van der Waals surface area contributed by atoms with Crippen LogP contribution >= 0.6 is 23.2 Å². The van der Waals surface area contributed by atoms with Crippen molar-refractivity contribution in [3.8, 4) is 0 Å². The van der Waals surface area contributed by atoms with Crippen LogP contribution in [0.15, 0.2) is 53.9 Å². The predicted molar refractivity (Wildman–Crippen MR) is 135 cm³/mol. The third-order valence-electron chi connectivity index (χ3n) is 5.86. The van der Waals surface area contributed by atoms with E-state index >= 15 is 0 Å². The van der Waals surface area contributed by atoms with Crippen LogP contribution < -0.4 is 10.6 Å². The zero-order chi connectivity index (χ0) is 26.3.